The highest BCUT2D eigenvalue weighted by Crippen LogP contribution is 2.40. The Bertz CT molecular complexity index is 352. The molecule has 106 valence electrons. The molecule has 2 rings (SSSR count). The third kappa shape index (κ3) is 4.50. The molecule has 0 N–H and O–H groups in total. The minimum Gasteiger partial charge on any atom is -0.385 e. The summed E-state index contributed by atoms with van der Waals surface area (Å²) >= 11 is 6.52. The van der Waals surface area contributed by atoms with Gasteiger partial charge in [0.15, 0.2) is 0 Å². The first kappa shape index (κ1) is 14.9. The molecule has 1 fully saturated rings. The number of methoxy groups -OCH3 is 1. The monoisotopic (exact) mass is 280 g/mol. The van der Waals surface area contributed by atoms with Gasteiger partial charge in [0, 0.05) is 19.1 Å². The Hall–Kier alpha value is -0.530. The molecule has 1 aromatic carbocycles. The van der Waals surface area contributed by atoms with Gasteiger partial charge in [0.2, 0.25) is 0 Å². The van der Waals surface area contributed by atoms with Crippen LogP contribution in [-0.4, -0.2) is 19.1 Å². The summed E-state index contributed by atoms with van der Waals surface area (Å²) < 4.78 is 5.12. The summed E-state index contributed by atoms with van der Waals surface area (Å²) in [7, 11) is 1.77. The van der Waals surface area contributed by atoms with E-state index in [9.17, 15) is 0 Å². The highest BCUT2D eigenvalue weighted by Gasteiger charge is 2.29. The van der Waals surface area contributed by atoms with Crippen molar-refractivity contribution in [3.8, 4) is 0 Å². The van der Waals surface area contributed by atoms with Crippen LogP contribution in [0.1, 0.15) is 50.0 Å². The predicted octanol–water partition coefficient (Wildman–Crippen LogP) is 4.99. The van der Waals surface area contributed by atoms with Crippen molar-refractivity contribution in [2.45, 2.75) is 49.8 Å². The maximum atomic E-state index is 6.52. The molecule has 0 spiro atoms. The Labute approximate surface area is 122 Å². The number of hydrogen-bond acceptors (Lipinski definition) is 1. The molecule has 0 bridgehead atoms. The fourth-order valence-electron chi connectivity index (χ4n) is 3.21. The molecule has 3 atom stereocenters. The van der Waals surface area contributed by atoms with Gasteiger partial charge >= 0.3 is 0 Å². The van der Waals surface area contributed by atoms with E-state index in [0.717, 1.165) is 19.4 Å². The standard InChI is InChI=1S/C17H25ClO/c1-19-12-6-5-9-16-13-15(10-11-17(16)18)14-7-3-2-4-8-14/h2-4,7-8,15-17H,5-6,9-13H2,1H3. The minimum atomic E-state index is 0.377. The average Bonchev–Trinajstić information content (AvgIpc) is 2.46. The number of hydrogen-bond donors (Lipinski definition) is 0. The Kier molecular flexibility index (Phi) is 6.19. The van der Waals surface area contributed by atoms with E-state index >= 15 is 0 Å². The van der Waals surface area contributed by atoms with Gasteiger partial charge in [0.1, 0.15) is 0 Å². The van der Waals surface area contributed by atoms with Crippen LogP contribution < -0.4 is 0 Å². The van der Waals surface area contributed by atoms with Crippen molar-refractivity contribution >= 4 is 11.6 Å². The van der Waals surface area contributed by atoms with E-state index in [2.05, 4.69) is 30.3 Å². The Morgan fingerprint density at radius 1 is 1.16 bits per heavy atom. The maximum Gasteiger partial charge on any atom is 0.0462 e. The highest BCUT2D eigenvalue weighted by atomic mass is 35.5. The fraction of sp³-hybridized carbons (Fsp3) is 0.647. The molecule has 0 heterocycles. The smallest absolute Gasteiger partial charge is 0.0462 e. The van der Waals surface area contributed by atoms with E-state index < -0.39 is 0 Å². The largest absolute Gasteiger partial charge is 0.385 e. The SMILES string of the molecule is COCCCCC1CC(c2ccccc2)CCC1Cl. The van der Waals surface area contributed by atoms with Crippen molar-refractivity contribution in [2.75, 3.05) is 13.7 Å². The van der Waals surface area contributed by atoms with Crippen molar-refractivity contribution in [1.29, 1.82) is 0 Å². The van der Waals surface area contributed by atoms with Gasteiger partial charge in [-0.25, -0.2) is 0 Å². The van der Waals surface area contributed by atoms with E-state index in [4.69, 9.17) is 16.3 Å². The summed E-state index contributed by atoms with van der Waals surface area (Å²) in [5.74, 6) is 1.39. The predicted molar refractivity (Wildman–Crippen MR) is 81.9 cm³/mol. The van der Waals surface area contributed by atoms with Gasteiger partial charge < -0.3 is 4.74 Å². The van der Waals surface area contributed by atoms with Gasteiger partial charge in [-0.05, 0) is 49.5 Å². The first-order valence-electron chi connectivity index (χ1n) is 7.49. The normalized spacial score (nSPS) is 27.4. The van der Waals surface area contributed by atoms with Crippen molar-refractivity contribution in [1.82, 2.24) is 0 Å². The second-order valence-corrected chi connectivity index (χ2v) is 6.25. The van der Waals surface area contributed by atoms with Gasteiger partial charge in [-0.15, -0.1) is 11.6 Å². The number of rotatable bonds is 6. The molecule has 0 radical (unpaired) electrons. The molecule has 3 unspecified atom stereocenters. The lowest BCUT2D eigenvalue weighted by atomic mass is 9.76. The minimum absolute atomic E-state index is 0.377. The van der Waals surface area contributed by atoms with Gasteiger partial charge in [-0.1, -0.05) is 36.8 Å². The van der Waals surface area contributed by atoms with Crippen molar-refractivity contribution in [3.63, 3.8) is 0 Å². The molecule has 1 saturated carbocycles. The van der Waals surface area contributed by atoms with E-state index in [0.29, 0.717) is 17.2 Å². The van der Waals surface area contributed by atoms with Crippen molar-refractivity contribution in [3.05, 3.63) is 35.9 Å². The zero-order chi connectivity index (χ0) is 13.5. The van der Waals surface area contributed by atoms with Crippen molar-refractivity contribution < 1.29 is 4.74 Å². The van der Waals surface area contributed by atoms with E-state index in [1.54, 1.807) is 7.11 Å². The van der Waals surface area contributed by atoms with Gasteiger partial charge in [-0.3, -0.25) is 0 Å². The Balaban J connectivity index is 1.85. The summed E-state index contributed by atoms with van der Waals surface area (Å²) in [6.07, 6.45) is 7.31. The van der Waals surface area contributed by atoms with Gasteiger partial charge in [0.05, 0.1) is 0 Å². The van der Waals surface area contributed by atoms with Crippen LogP contribution in [0.15, 0.2) is 30.3 Å². The van der Waals surface area contributed by atoms with Gasteiger partial charge in [-0.2, -0.15) is 0 Å². The summed E-state index contributed by atoms with van der Waals surface area (Å²) in [4.78, 5) is 0. The molecule has 2 heteroatoms. The highest BCUT2D eigenvalue weighted by molar-refractivity contribution is 6.20. The van der Waals surface area contributed by atoms with Crippen LogP contribution >= 0.6 is 11.6 Å². The quantitative estimate of drug-likeness (QED) is 0.527. The Morgan fingerprint density at radius 2 is 1.95 bits per heavy atom. The van der Waals surface area contributed by atoms with Crippen LogP contribution in [0.2, 0.25) is 0 Å². The second-order valence-electron chi connectivity index (χ2n) is 5.69. The number of benzene rings is 1. The lowest BCUT2D eigenvalue weighted by Gasteiger charge is -2.33. The topological polar surface area (TPSA) is 9.23 Å². The number of unbranched alkanes of at least 4 members (excludes halogenated alkanes) is 1. The van der Waals surface area contributed by atoms with Crippen LogP contribution in [0.25, 0.3) is 0 Å². The molecular formula is C17H25ClO. The van der Waals surface area contributed by atoms with Crippen LogP contribution in [0.5, 0.6) is 0 Å². The summed E-state index contributed by atoms with van der Waals surface area (Å²) in [5.41, 5.74) is 1.49. The summed E-state index contributed by atoms with van der Waals surface area (Å²) in [5, 5.41) is 0.377. The average molecular weight is 281 g/mol. The van der Waals surface area contributed by atoms with Crippen LogP contribution in [-0.2, 0) is 4.74 Å². The lowest BCUT2D eigenvalue weighted by molar-refractivity contribution is 0.187. The number of halogens is 1. The number of alkyl halides is 1. The zero-order valence-electron chi connectivity index (χ0n) is 11.9. The van der Waals surface area contributed by atoms with Crippen LogP contribution in [0, 0.1) is 5.92 Å². The molecule has 0 aromatic heterocycles. The molecular weight excluding hydrogens is 256 g/mol. The van der Waals surface area contributed by atoms with Crippen LogP contribution in [0.4, 0.5) is 0 Å². The maximum absolute atomic E-state index is 6.52. The van der Waals surface area contributed by atoms with Gasteiger partial charge in [0.25, 0.3) is 0 Å². The van der Waals surface area contributed by atoms with E-state index in [1.165, 1.54) is 31.2 Å². The zero-order valence-corrected chi connectivity index (χ0v) is 12.6. The van der Waals surface area contributed by atoms with Crippen molar-refractivity contribution in [2.24, 2.45) is 5.92 Å². The number of ether oxygens (including phenoxy) is 1. The molecule has 1 nitrogen and oxygen atoms in total. The molecule has 1 aromatic rings. The molecule has 0 aliphatic heterocycles. The molecule has 1 aliphatic rings. The first-order valence-corrected chi connectivity index (χ1v) is 7.93. The Morgan fingerprint density at radius 3 is 2.68 bits per heavy atom. The lowest BCUT2D eigenvalue weighted by Crippen LogP contribution is -2.24. The molecule has 0 saturated heterocycles. The fourth-order valence-corrected chi connectivity index (χ4v) is 3.56. The van der Waals surface area contributed by atoms with Crippen LogP contribution in [0.3, 0.4) is 0 Å². The third-order valence-electron chi connectivity index (χ3n) is 4.33. The third-order valence-corrected chi connectivity index (χ3v) is 4.91. The second kappa shape index (κ2) is 7.91. The first-order chi connectivity index (χ1) is 9.31. The summed E-state index contributed by atoms with van der Waals surface area (Å²) in [6, 6.07) is 10.9. The molecule has 19 heavy (non-hydrogen) atoms. The molecule has 0 amide bonds. The van der Waals surface area contributed by atoms with E-state index in [1.807, 2.05) is 0 Å². The molecule has 1 aliphatic carbocycles. The summed E-state index contributed by atoms with van der Waals surface area (Å²) in [6.45, 7) is 0.877. The van der Waals surface area contributed by atoms with E-state index in [-0.39, 0.29) is 0 Å².